The van der Waals surface area contributed by atoms with Crippen LogP contribution in [-0.2, 0) is 6.42 Å². The zero-order chi connectivity index (χ0) is 12.4. The number of rotatable bonds is 5. The van der Waals surface area contributed by atoms with Crippen molar-refractivity contribution in [2.24, 2.45) is 0 Å². The predicted molar refractivity (Wildman–Crippen MR) is 75.9 cm³/mol. The number of aromatic nitrogens is 1. The molecule has 0 aliphatic heterocycles. The molecule has 1 atom stereocenters. The Morgan fingerprint density at radius 2 is 2.22 bits per heavy atom. The Hall–Kier alpha value is -1.19. The number of thiazole rings is 1. The molecule has 1 saturated carbocycles. The summed E-state index contributed by atoms with van der Waals surface area (Å²) in [5, 5.41) is 6.98. The van der Waals surface area contributed by atoms with Crippen molar-refractivity contribution in [3.05, 3.63) is 52.0 Å². The van der Waals surface area contributed by atoms with Crippen LogP contribution in [-0.4, -0.2) is 11.0 Å². The highest BCUT2D eigenvalue weighted by Gasteiger charge is 2.28. The molecule has 3 rings (SSSR count). The molecule has 1 N–H and O–H groups in total. The summed E-state index contributed by atoms with van der Waals surface area (Å²) in [6, 6.07) is 9.67. The summed E-state index contributed by atoms with van der Waals surface area (Å²) < 4.78 is 0. The summed E-state index contributed by atoms with van der Waals surface area (Å²) in [6.45, 7) is 2.22. The monoisotopic (exact) mass is 258 g/mol. The van der Waals surface area contributed by atoms with Gasteiger partial charge in [0.1, 0.15) is 5.01 Å². The van der Waals surface area contributed by atoms with Gasteiger partial charge in [0.25, 0.3) is 0 Å². The van der Waals surface area contributed by atoms with Crippen LogP contribution in [0.1, 0.15) is 41.9 Å². The van der Waals surface area contributed by atoms with Crippen LogP contribution < -0.4 is 5.32 Å². The van der Waals surface area contributed by atoms with Crippen molar-refractivity contribution in [3.8, 4) is 0 Å². The third kappa shape index (κ3) is 2.47. The van der Waals surface area contributed by atoms with E-state index in [9.17, 15) is 0 Å². The summed E-state index contributed by atoms with van der Waals surface area (Å²) in [5.74, 6) is 0. The third-order valence-electron chi connectivity index (χ3n) is 3.43. The van der Waals surface area contributed by atoms with Gasteiger partial charge in [-0.25, -0.2) is 4.98 Å². The van der Waals surface area contributed by atoms with Crippen molar-refractivity contribution in [2.45, 2.75) is 38.3 Å². The Bertz CT molecular complexity index is 503. The van der Waals surface area contributed by atoms with Crippen LogP contribution in [0.4, 0.5) is 0 Å². The molecule has 1 aromatic carbocycles. The minimum Gasteiger partial charge on any atom is -0.301 e. The standard InChI is InChI=1S/C15H18N2S/c1-2-11-5-3-4-6-13(11)14(17-12-7-8-12)15-16-9-10-18-15/h3-6,9-10,12,14,17H,2,7-8H2,1H3. The first-order valence-electron chi connectivity index (χ1n) is 6.61. The SMILES string of the molecule is CCc1ccccc1C(NC1CC1)c1nccs1. The van der Waals surface area contributed by atoms with Crippen LogP contribution in [0.5, 0.6) is 0 Å². The van der Waals surface area contributed by atoms with E-state index in [2.05, 4.69) is 46.9 Å². The first-order chi connectivity index (χ1) is 8.88. The molecule has 1 aliphatic rings. The molecule has 0 spiro atoms. The van der Waals surface area contributed by atoms with Crippen LogP contribution in [0, 0.1) is 0 Å². The fourth-order valence-corrected chi connectivity index (χ4v) is 3.01. The van der Waals surface area contributed by atoms with Gasteiger partial charge in [-0.15, -0.1) is 11.3 Å². The highest BCUT2D eigenvalue weighted by atomic mass is 32.1. The van der Waals surface area contributed by atoms with E-state index in [1.54, 1.807) is 11.3 Å². The summed E-state index contributed by atoms with van der Waals surface area (Å²) >= 11 is 1.74. The fourth-order valence-electron chi connectivity index (χ4n) is 2.29. The van der Waals surface area contributed by atoms with E-state index < -0.39 is 0 Å². The van der Waals surface area contributed by atoms with Gasteiger partial charge in [0, 0.05) is 17.6 Å². The normalized spacial score (nSPS) is 16.7. The Balaban J connectivity index is 1.96. The van der Waals surface area contributed by atoms with E-state index in [0.717, 1.165) is 6.42 Å². The molecule has 18 heavy (non-hydrogen) atoms. The topological polar surface area (TPSA) is 24.9 Å². The quantitative estimate of drug-likeness (QED) is 0.887. The number of nitrogens with zero attached hydrogens (tertiary/aromatic N) is 1. The van der Waals surface area contributed by atoms with Gasteiger partial charge < -0.3 is 5.32 Å². The molecule has 0 bridgehead atoms. The average Bonchev–Trinajstić information content (AvgIpc) is 3.08. The van der Waals surface area contributed by atoms with E-state index in [-0.39, 0.29) is 6.04 Å². The molecular formula is C15H18N2S. The number of hydrogen-bond donors (Lipinski definition) is 1. The minimum atomic E-state index is 0.272. The fraction of sp³-hybridized carbons (Fsp3) is 0.400. The van der Waals surface area contributed by atoms with Crippen LogP contribution in [0.15, 0.2) is 35.8 Å². The average molecular weight is 258 g/mol. The smallest absolute Gasteiger partial charge is 0.114 e. The van der Waals surface area contributed by atoms with Crippen molar-refractivity contribution in [3.63, 3.8) is 0 Å². The molecule has 0 amide bonds. The van der Waals surface area contributed by atoms with E-state index in [1.165, 1.54) is 29.0 Å². The molecule has 1 aromatic heterocycles. The second-order valence-electron chi connectivity index (χ2n) is 4.80. The molecule has 1 fully saturated rings. The van der Waals surface area contributed by atoms with Gasteiger partial charge in [-0.3, -0.25) is 0 Å². The second kappa shape index (κ2) is 5.21. The molecule has 1 aliphatic carbocycles. The maximum Gasteiger partial charge on any atom is 0.114 e. The van der Waals surface area contributed by atoms with E-state index in [0.29, 0.717) is 6.04 Å². The van der Waals surface area contributed by atoms with Crippen LogP contribution in [0.2, 0.25) is 0 Å². The Morgan fingerprint density at radius 3 is 2.89 bits per heavy atom. The Labute approximate surface area is 112 Å². The number of benzene rings is 1. The second-order valence-corrected chi connectivity index (χ2v) is 5.72. The van der Waals surface area contributed by atoms with Gasteiger partial charge in [-0.2, -0.15) is 0 Å². The maximum absolute atomic E-state index is 4.51. The Morgan fingerprint density at radius 1 is 1.39 bits per heavy atom. The largest absolute Gasteiger partial charge is 0.301 e. The molecule has 1 unspecified atom stereocenters. The van der Waals surface area contributed by atoms with Crippen molar-refractivity contribution in [2.75, 3.05) is 0 Å². The summed E-state index contributed by atoms with van der Waals surface area (Å²) in [4.78, 5) is 4.51. The highest BCUT2D eigenvalue weighted by molar-refractivity contribution is 7.09. The van der Waals surface area contributed by atoms with Gasteiger partial charge in [0.2, 0.25) is 0 Å². The van der Waals surface area contributed by atoms with Gasteiger partial charge in [0.15, 0.2) is 0 Å². The molecule has 3 heteroatoms. The third-order valence-corrected chi connectivity index (χ3v) is 4.27. The van der Waals surface area contributed by atoms with Crippen molar-refractivity contribution < 1.29 is 0 Å². The highest BCUT2D eigenvalue weighted by Crippen LogP contribution is 2.31. The first-order valence-corrected chi connectivity index (χ1v) is 7.49. The van der Waals surface area contributed by atoms with Crippen molar-refractivity contribution >= 4 is 11.3 Å². The van der Waals surface area contributed by atoms with Crippen LogP contribution in [0.3, 0.4) is 0 Å². The van der Waals surface area contributed by atoms with Crippen LogP contribution >= 0.6 is 11.3 Å². The number of hydrogen-bond acceptors (Lipinski definition) is 3. The Kier molecular flexibility index (Phi) is 3.43. The van der Waals surface area contributed by atoms with E-state index in [4.69, 9.17) is 0 Å². The summed E-state index contributed by atoms with van der Waals surface area (Å²) in [5.41, 5.74) is 2.81. The van der Waals surface area contributed by atoms with E-state index >= 15 is 0 Å². The lowest BCUT2D eigenvalue weighted by Gasteiger charge is -2.19. The van der Waals surface area contributed by atoms with Gasteiger partial charge in [-0.05, 0) is 30.4 Å². The lowest BCUT2D eigenvalue weighted by Crippen LogP contribution is -2.25. The summed E-state index contributed by atoms with van der Waals surface area (Å²) in [7, 11) is 0. The maximum atomic E-state index is 4.51. The molecule has 1 heterocycles. The van der Waals surface area contributed by atoms with E-state index in [1.807, 2.05) is 6.20 Å². The van der Waals surface area contributed by atoms with Gasteiger partial charge >= 0.3 is 0 Å². The van der Waals surface area contributed by atoms with Crippen LogP contribution in [0.25, 0.3) is 0 Å². The zero-order valence-electron chi connectivity index (χ0n) is 10.6. The van der Waals surface area contributed by atoms with Crippen molar-refractivity contribution in [1.29, 1.82) is 0 Å². The molecule has 94 valence electrons. The van der Waals surface area contributed by atoms with Gasteiger partial charge in [0.05, 0.1) is 6.04 Å². The zero-order valence-corrected chi connectivity index (χ0v) is 11.4. The first kappa shape index (κ1) is 11.9. The molecule has 0 radical (unpaired) electrons. The lowest BCUT2D eigenvalue weighted by molar-refractivity contribution is 0.594. The molecule has 2 nitrogen and oxygen atoms in total. The molecule has 0 saturated heterocycles. The number of aryl methyl sites for hydroxylation is 1. The lowest BCUT2D eigenvalue weighted by atomic mass is 9.99. The number of nitrogens with one attached hydrogen (secondary N) is 1. The predicted octanol–water partition coefficient (Wildman–Crippen LogP) is 3.55. The molecule has 2 aromatic rings. The van der Waals surface area contributed by atoms with Crippen molar-refractivity contribution in [1.82, 2.24) is 10.3 Å². The summed E-state index contributed by atoms with van der Waals surface area (Å²) in [6.07, 6.45) is 5.58. The molecular weight excluding hydrogens is 240 g/mol. The minimum absolute atomic E-state index is 0.272. The van der Waals surface area contributed by atoms with Gasteiger partial charge in [-0.1, -0.05) is 31.2 Å².